The molecule has 15 heavy (non-hydrogen) atoms. The number of carbonyl (C=O) groups excluding carboxylic acids is 2. The Kier molecular flexibility index (Phi) is 2.64. The number of imide groups is 1. The zero-order valence-electron chi connectivity index (χ0n) is 8.27. The van der Waals surface area contributed by atoms with Crippen LogP contribution in [0.15, 0.2) is 17.7 Å². The maximum absolute atomic E-state index is 11.2. The van der Waals surface area contributed by atoms with E-state index < -0.39 is 0 Å². The molecule has 0 fully saturated rings. The van der Waals surface area contributed by atoms with E-state index in [1.165, 1.54) is 17.1 Å². The molecule has 1 aromatic heterocycles. The molecule has 2 heterocycles. The first kappa shape index (κ1) is 10.0. The van der Waals surface area contributed by atoms with E-state index in [1.807, 2.05) is 6.92 Å². The van der Waals surface area contributed by atoms with Gasteiger partial charge in [0.1, 0.15) is 0 Å². The van der Waals surface area contributed by atoms with E-state index in [1.54, 1.807) is 16.8 Å². The van der Waals surface area contributed by atoms with E-state index in [4.69, 9.17) is 0 Å². The van der Waals surface area contributed by atoms with E-state index in [2.05, 4.69) is 4.98 Å². The molecule has 2 rings (SSSR count). The van der Waals surface area contributed by atoms with Crippen molar-refractivity contribution in [2.45, 2.75) is 13.3 Å². The summed E-state index contributed by atoms with van der Waals surface area (Å²) < 4.78 is 0. The molecule has 0 spiro atoms. The maximum atomic E-state index is 11.2. The molecule has 78 valence electrons. The van der Waals surface area contributed by atoms with Crippen molar-refractivity contribution in [2.75, 3.05) is 6.54 Å². The molecule has 0 saturated carbocycles. The van der Waals surface area contributed by atoms with Gasteiger partial charge in [0.25, 0.3) is 11.8 Å². The Balaban J connectivity index is 1.97. The second-order valence-electron chi connectivity index (χ2n) is 3.27. The molecule has 0 aromatic carbocycles. The van der Waals surface area contributed by atoms with Gasteiger partial charge < -0.3 is 0 Å². The SMILES string of the molecule is Cc1ncsc1CCN1C(=O)C=CC1=O. The highest BCUT2D eigenvalue weighted by Crippen LogP contribution is 2.14. The van der Waals surface area contributed by atoms with Crippen molar-refractivity contribution in [3.8, 4) is 0 Å². The van der Waals surface area contributed by atoms with Crippen LogP contribution >= 0.6 is 11.3 Å². The van der Waals surface area contributed by atoms with Crippen molar-refractivity contribution >= 4 is 23.2 Å². The lowest BCUT2D eigenvalue weighted by Gasteiger charge is -2.12. The van der Waals surface area contributed by atoms with Gasteiger partial charge in [-0.1, -0.05) is 0 Å². The summed E-state index contributed by atoms with van der Waals surface area (Å²) in [6, 6.07) is 0. The van der Waals surface area contributed by atoms with Crippen LogP contribution < -0.4 is 0 Å². The van der Waals surface area contributed by atoms with Gasteiger partial charge in [-0.2, -0.15) is 0 Å². The number of amides is 2. The average molecular weight is 222 g/mol. The number of aromatic nitrogens is 1. The summed E-state index contributed by atoms with van der Waals surface area (Å²) in [7, 11) is 0. The Hall–Kier alpha value is -1.49. The molecular formula is C10H10N2O2S. The quantitative estimate of drug-likeness (QED) is 0.714. The van der Waals surface area contributed by atoms with Crippen LogP contribution in [0.5, 0.6) is 0 Å². The molecule has 0 unspecified atom stereocenters. The molecule has 4 nitrogen and oxygen atoms in total. The van der Waals surface area contributed by atoms with Crippen LogP contribution in [0.25, 0.3) is 0 Å². The molecule has 0 N–H and O–H groups in total. The number of rotatable bonds is 3. The molecule has 1 aliphatic rings. The monoisotopic (exact) mass is 222 g/mol. The second kappa shape index (κ2) is 3.94. The van der Waals surface area contributed by atoms with Gasteiger partial charge in [-0.15, -0.1) is 11.3 Å². The number of aryl methyl sites for hydroxylation is 1. The molecule has 0 saturated heterocycles. The largest absolute Gasteiger partial charge is 0.275 e. The number of thiazole rings is 1. The van der Waals surface area contributed by atoms with Crippen molar-refractivity contribution in [1.82, 2.24) is 9.88 Å². The van der Waals surface area contributed by atoms with Crippen LogP contribution in [0.2, 0.25) is 0 Å². The summed E-state index contributed by atoms with van der Waals surface area (Å²) in [6.45, 7) is 2.37. The summed E-state index contributed by atoms with van der Waals surface area (Å²) in [5.41, 5.74) is 2.75. The minimum atomic E-state index is -0.220. The zero-order valence-corrected chi connectivity index (χ0v) is 9.08. The number of hydrogen-bond acceptors (Lipinski definition) is 4. The van der Waals surface area contributed by atoms with Crippen molar-refractivity contribution < 1.29 is 9.59 Å². The Labute approximate surface area is 91.2 Å². The standard InChI is InChI=1S/C10H10N2O2S/c1-7-8(15-6-11-7)4-5-12-9(13)2-3-10(12)14/h2-3,6H,4-5H2,1H3. The lowest BCUT2D eigenvalue weighted by molar-refractivity contribution is -0.136. The first-order valence-corrected chi connectivity index (χ1v) is 5.49. The summed E-state index contributed by atoms with van der Waals surface area (Å²) in [5, 5.41) is 0. The molecule has 5 heteroatoms. The molecular weight excluding hydrogens is 212 g/mol. The van der Waals surface area contributed by atoms with Crippen molar-refractivity contribution in [1.29, 1.82) is 0 Å². The molecule has 0 atom stereocenters. The third-order valence-corrected chi connectivity index (χ3v) is 3.30. The highest BCUT2D eigenvalue weighted by Gasteiger charge is 2.22. The lowest BCUT2D eigenvalue weighted by Crippen LogP contribution is -2.31. The fraction of sp³-hybridized carbons (Fsp3) is 0.300. The molecule has 0 radical (unpaired) electrons. The van der Waals surface area contributed by atoms with E-state index >= 15 is 0 Å². The van der Waals surface area contributed by atoms with Crippen molar-refractivity contribution in [3.63, 3.8) is 0 Å². The number of carbonyl (C=O) groups is 2. The number of hydrogen-bond donors (Lipinski definition) is 0. The molecule has 1 aliphatic heterocycles. The molecule has 2 amide bonds. The summed E-state index contributed by atoms with van der Waals surface area (Å²) in [6.07, 6.45) is 3.30. The predicted octanol–water partition coefficient (Wildman–Crippen LogP) is 0.919. The Morgan fingerprint density at radius 1 is 1.33 bits per heavy atom. The third kappa shape index (κ3) is 1.97. The smallest absolute Gasteiger partial charge is 0.253 e. The first-order valence-electron chi connectivity index (χ1n) is 4.61. The van der Waals surface area contributed by atoms with Crippen molar-refractivity contribution in [2.24, 2.45) is 0 Å². The molecule has 0 bridgehead atoms. The van der Waals surface area contributed by atoms with Gasteiger partial charge in [-0.3, -0.25) is 14.5 Å². The fourth-order valence-electron chi connectivity index (χ4n) is 1.43. The van der Waals surface area contributed by atoms with Gasteiger partial charge in [0.05, 0.1) is 11.2 Å². The van der Waals surface area contributed by atoms with Gasteiger partial charge in [0, 0.05) is 30.0 Å². The van der Waals surface area contributed by atoms with Gasteiger partial charge >= 0.3 is 0 Å². The second-order valence-corrected chi connectivity index (χ2v) is 4.21. The normalized spacial score (nSPS) is 15.4. The fourth-order valence-corrected chi connectivity index (χ4v) is 2.20. The predicted molar refractivity (Wildman–Crippen MR) is 56.4 cm³/mol. The number of nitrogens with zero attached hydrogens (tertiary/aromatic N) is 2. The van der Waals surface area contributed by atoms with Crippen LogP contribution in [0.4, 0.5) is 0 Å². The highest BCUT2D eigenvalue weighted by molar-refractivity contribution is 7.09. The third-order valence-electron chi connectivity index (χ3n) is 2.31. The van der Waals surface area contributed by atoms with Crippen LogP contribution in [0.3, 0.4) is 0 Å². The molecule has 0 aliphatic carbocycles. The lowest BCUT2D eigenvalue weighted by atomic mass is 10.3. The van der Waals surface area contributed by atoms with Crippen LogP contribution in [0.1, 0.15) is 10.6 Å². The first-order chi connectivity index (χ1) is 7.18. The maximum Gasteiger partial charge on any atom is 0.253 e. The van der Waals surface area contributed by atoms with Gasteiger partial charge in [0.2, 0.25) is 0 Å². The Morgan fingerprint density at radius 3 is 2.53 bits per heavy atom. The minimum absolute atomic E-state index is 0.220. The van der Waals surface area contributed by atoms with Gasteiger partial charge in [-0.05, 0) is 6.92 Å². The summed E-state index contributed by atoms with van der Waals surface area (Å²) in [5.74, 6) is -0.440. The Morgan fingerprint density at radius 2 is 2.00 bits per heavy atom. The Bertz CT molecular complexity index is 418. The van der Waals surface area contributed by atoms with Gasteiger partial charge in [-0.25, -0.2) is 4.98 Å². The van der Waals surface area contributed by atoms with E-state index in [9.17, 15) is 9.59 Å². The summed E-state index contributed by atoms with van der Waals surface area (Å²) in [4.78, 5) is 29.0. The summed E-state index contributed by atoms with van der Waals surface area (Å²) >= 11 is 1.55. The van der Waals surface area contributed by atoms with E-state index in [0.29, 0.717) is 13.0 Å². The topological polar surface area (TPSA) is 50.3 Å². The average Bonchev–Trinajstić information content (AvgIpc) is 2.73. The van der Waals surface area contributed by atoms with Crippen LogP contribution in [-0.2, 0) is 16.0 Å². The van der Waals surface area contributed by atoms with E-state index in [-0.39, 0.29) is 11.8 Å². The van der Waals surface area contributed by atoms with E-state index in [0.717, 1.165) is 10.6 Å². The minimum Gasteiger partial charge on any atom is -0.275 e. The van der Waals surface area contributed by atoms with Crippen molar-refractivity contribution in [3.05, 3.63) is 28.2 Å². The zero-order chi connectivity index (χ0) is 10.8. The van der Waals surface area contributed by atoms with Crippen LogP contribution in [0, 0.1) is 6.92 Å². The van der Waals surface area contributed by atoms with Crippen LogP contribution in [-0.4, -0.2) is 28.2 Å². The molecule has 1 aromatic rings. The highest BCUT2D eigenvalue weighted by atomic mass is 32.1. The van der Waals surface area contributed by atoms with Gasteiger partial charge in [0.15, 0.2) is 0 Å².